The maximum absolute atomic E-state index is 13.3. The minimum absolute atomic E-state index is 0.207. The Labute approximate surface area is 250 Å². The van der Waals surface area contributed by atoms with E-state index in [4.69, 9.17) is 14.6 Å². The van der Waals surface area contributed by atoms with Gasteiger partial charge in [-0.25, -0.2) is 18.4 Å². The van der Waals surface area contributed by atoms with Crippen LogP contribution >= 0.6 is 15.9 Å². The smallest absolute Gasteiger partial charge is 0.409 e. The first kappa shape index (κ1) is 32.5. The van der Waals surface area contributed by atoms with Gasteiger partial charge in [-0.2, -0.15) is 5.10 Å². The summed E-state index contributed by atoms with van der Waals surface area (Å²) in [7, 11) is -0.884. The lowest BCUT2D eigenvalue weighted by Crippen LogP contribution is -2.38. The minimum atomic E-state index is -1.36. The van der Waals surface area contributed by atoms with E-state index in [0.717, 1.165) is 32.7 Å². The Bertz CT molecular complexity index is 1290. The summed E-state index contributed by atoms with van der Waals surface area (Å²) in [6, 6.07) is 16.2. The fourth-order valence-corrected chi connectivity index (χ4v) is 6.10. The van der Waals surface area contributed by atoms with Crippen LogP contribution in [0.15, 0.2) is 53.0 Å². The SMILES string of the molecule is CN(CCC(NS(=O)C(C)(C)C)c1c2c(Br)cccc2nn1COCC[Si](C)(C)C)C(=O)OCc1ccccc1. The standard InChI is InChI=1S/C29H43BrN4O4SSi/c1-29(2,3)39(36)32-25(16-17-33(4)28(35)38-20-22-12-9-8-10-13-22)27-26-23(30)14-11-15-24(26)31-34(27)21-37-18-19-40(5,6)7/h8-15,25,32H,16-21H2,1-7H3. The van der Waals surface area contributed by atoms with Crippen molar-refractivity contribution in [3.8, 4) is 0 Å². The number of nitrogens with one attached hydrogen (secondary N) is 1. The zero-order valence-corrected chi connectivity index (χ0v) is 28.1. The average Bonchev–Trinajstić information content (AvgIpc) is 3.26. The van der Waals surface area contributed by atoms with Crippen LogP contribution in [0.3, 0.4) is 0 Å². The number of carbonyl (C=O) groups is 1. The van der Waals surface area contributed by atoms with Crippen molar-refractivity contribution in [3.63, 3.8) is 0 Å². The van der Waals surface area contributed by atoms with Gasteiger partial charge >= 0.3 is 6.09 Å². The first-order valence-electron chi connectivity index (χ1n) is 13.6. The van der Waals surface area contributed by atoms with Crippen LogP contribution in [0.4, 0.5) is 4.79 Å². The second-order valence-corrected chi connectivity index (χ2v) is 20.6. The molecule has 220 valence electrons. The summed E-state index contributed by atoms with van der Waals surface area (Å²) in [6.45, 7) is 14.3. The Morgan fingerprint density at radius 1 is 1.15 bits per heavy atom. The topological polar surface area (TPSA) is 85.7 Å². The van der Waals surface area contributed by atoms with Crippen LogP contribution in [-0.4, -0.2) is 58.0 Å². The summed E-state index contributed by atoms with van der Waals surface area (Å²) in [4.78, 5) is 14.3. The third-order valence-electron chi connectivity index (χ3n) is 6.37. The molecule has 0 aliphatic rings. The van der Waals surface area contributed by atoms with E-state index in [1.54, 1.807) is 11.9 Å². The van der Waals surface area contributed by atoms with Gasteiger partial charge < -0.3 is 14.4 Å². The monoisotopic (exact) mass is 650 g/mol. The molecule has 40 heavy (non-hydrogen) atoms. The zero-order valence-electron chi connectivity index (χ0n) is 24.7. The van der Waals surface area contributed by atoms with Crippen molar-refractivity contribution in [3.05, 3.63) is 64.3 Å². The summed E-state index contributed by atoms with van der Waals surface area (Å²) in [5, 5.41) is 5.79. The Morgan fingerprint density at radius 2 is 1.85 bits per heavy atom. The molecule has 0 bridgehead atoms. The molecule has 2 aromatic carbocycles. The molecule has 1 amide bonds. The molecule has 0 saturated carbocycles. The summed E-state index contributed by atoms with van der Waals surface area (Å²) in [6.07, 6.45) is 0.0873. The van der Waals surface area contributed by atoms with Gasteiger partial charge in [-0.1, -0.05) is 72.0 Å². The van der Waals surface area contributed by atoms with E-state index >= 15 is 0 Å². The first-order valence-corrected chi connectivity index (χ1v) is 19.2. The number of nitrogens with zero attached hydrogens (tertiary/aromatic N) is 3. The third-order valence-corrected chi connectivity index (χ3v) is 10.3. The predicted molar refractivity (Wildman–Crippen MR) is 169 cm³/mol. The molecule has 0 spiro atoms. The number of carbonyl (C=O) groups excluding carboxylic acids is 1. The van der Waals surface area contributed by atoms with Crippen LogP contribution in [0.25, 0.3) is 10.9 Å². The summed E-state index contributed by atoms with van der Waals surface area (Å²) in [5.41, 5.74) is 2.62. The Hall–Kier alpha value is -2.05. The van der Waals surface area contributed by atoms with Crippen molar-refractivity contribution >= 4 is 52.0 Å². The average molecular weight is 652 g/mol. The Balaban J connectivity index is 1.85. The lowest BCUT2D eigenvalue weighted by molar-refractivity contribution is 0.0755. The van der Waals surface area contributed by atoms with Crippen molar-refractivity contribution in [1.29, 1.82) is 0 Å². The predicted octanol–water partition coefficient (Wildman–Crippen LogP) is 6.86. The maximum atomic E-state index is 13.3. The van der Waals surface area contributed by atoms with Crippen LogP contribution < -0.4 is 4.72 Å². The summed E-state index contributed by atoms with van der Waals surface area (Å²) in [5.74, 6) is 0. The van der Waals surface area contributed by atoms with Gasteiger partial charge in [-0.3, -0.25) is 0 Å². The van der Waals surface area contributed by atoms with E-state index < -0.39 is 29.9 Å². The minimum Gasteiger partial charge on any atom is -0.445 e. The molecule has 2 unspecified atom stereocenters. The van der Waals surface area contributed by atoms with Gasteiger partial charge in [0.05, 0.1) is 33.0 Å². The molecule has 8 nitrogen and oxygen atoms in total. The number of rotatable bonds is 13. The van der Waals surface area contributed by atoms with Crippen LogP contribution in [0.2, 0.25) is 25.7 Å². The van der Waals surface area contributed by atoms with Gasteiger partial charge in [-0.15, -0.1) is 0 Å². The third kappa shape index (κ3) is 9.51. The number of ether oxygens (including phenoxy) is 2. The summed E-state index contributed by atoms with van der Waals surface area (Å²) < 4.78 is 30.6. The number of hydrogen-bond donors (Lipinski definition) is 1. The van der Waals surface area contributed by atoms with Crippen molar-refractivity contribution in [2.45, 2.75) is 77.0 Å². The van der Waals surface area contributed by atoms with Gasteiger partial charge in [-0.05, 0) is 50.9 Å². The molecule has 11 heteroatoms. The van der Waals surface area contributed by atoms with Gasteiger partial charge in [0.2, 0.25) is 0 Å². The molecule has 1 heterocycles. The van der Waals surface area contributed by atoms with Crippen LogP contribution in [-0.2, 0) is 33.8 Å². The lowest BCUT2D eigenvalue weighted by atomic mass is 10.1. The lowest BCUT2D eigenvalue weighted by Gasteiger charge is -2.27. The van der Waals surface area contributed by atoms with Gasteiger partial charge in [0, 0.05) is 38.1 Å². The molecule has 0 aliphatic heterocycles. The van der Waals surface area contributed by atoms with Crippen LogP contribution in [0.5, 0.6) is 0 Å². The maximum Gasteiger partial charge on any atom is 0.409 e. The Kier molecular flexibility index (Phi) is 11.5. The molecule has 2 atom stereocenters. The zero-order chi connectivity index (χ0) is 29.5. The molecular formula is C29H43BrN4O4SSi. The highest BCUT2D eigenvalue weighted by Gasteiger charge is 2.29. The highest BCUT2D eigenvalue weighted by atomic mass is 79.9. The fraction of sp³-hybridized carbons (Fsp3) is 0.517. The first-order chi connectivity index (χ1) is 18.8. The van der Waals surface area contributed by atoms with Crippen LogP contribution in [0, 0.1) is 0 Å². The van der Waals surface area contributed by atoms with E-state index in [0.29, 0.717) is 19.6 Å². The van der Waals surface area contributed by atoms with E-state index in [1.807, 2.05) is 74.0 Å². The van der Waals surface area contributed by atoms with Gasteiger partial charge in [0.1, 0.15) is 13.3 Å². The molecule has 0 saturated heterocycles. The normalized spacial score (nSPS) is 13.8. The van der Waals surface area contributed by atoms with E-state index in [1.165, 1.54) is 0 Å². The number of hydrogen-bond acceptors (Lipinski definition) is 5. The molecule has 0 radical (unpaired) electrons. The van der Waals surface area contributed by atoms with E-state index in [-0.39, 0.29) is 19.4 Å². The van der Waals surface area contributed by atoms with Crippen molar-refractivity contribution in [2.24, 2.45) is 0 Å². The van der Waals surface area contributed by atoms with Crippen molar-refractivity contribution < 1.29 is 18.5 Å². The molecule has 0 fully saturated rings. The fourth-order valence-electron chi connectivity index (χ4n) is 3.95. The highest BCUT2D eigenvalue weighted by Crippen LogP contribution is 2.33. The Morgan fingerprint density at radius 3 is 2.50 bits per heavy atom. The quantitative estimate of drug-likeness (QED) is 0.161. The van der Waals surface area contributed by atoms with Gasteiger partial charge in [0.15, 0.2) is 0 Å². The number of fused-ring (bicyclic) bond motifs is 1. The molecular weight excluding hydrogens is 608 g/mol. The molecule has 3 rings (SSSR count). The molecule has 1 aromatic heterocycles. The largest absolute Gasteiger partial charge is 0.445 e. The molecule has 3 aromatic rings. The highest BCUT2D eigenvalue weighted by molar-refractivity contribution is 9.10. The number of halogens is 1. The molecule has 0 aliphatic carbocycles. The summed E-state index contributed by atoms with van der Waals surface area (Å²) >= 11 is 3.71. The number of benzene rings is 2. The number of aromatic nitrogens is 2. The van der Waals surface area contributed by atoms with E-state index in [2.05, 4.69) is 40.3 Å². The number of amides is 1. The molecule has 1 N–H and O–H groups in total. The van der Waals surface area contributed by atoms with Gasteiger partial charge in [0.25, 0.3) is 0 Å². The van der Waals surface area contributed by atoms with E-state index in [9.17, 15) is 9.00 Å². The second kappa shape index (κ2) is 14.2. The van der Waals surface area contributed by atoms with Crippen molar-refractivity contribution in [2.75, 3.05) is 20.2 Å². The van der Waals surface area contributed by atoms with Crippen LogP contribution in [0.1, 0.15) is 44.5 Å². The second-order valence-electron chi connectivity index (χ2n) is 12.2. The van der Waals surface area contributed by atoms with Crippen molar-refractivity contribution in [1.82, 2.24) is 19.4 Å².